The van der Waals surface area contributed by atoms with Gasteiger partial charge in [0, 0.05) is 0 Å². The second-order valence-electron chi connectivity index (χ2n) is 5.20. The second-order valence-corrected chi connectivity index (χ2v) is 5.20. The molecule has 1 aliphatic rings. The fourth-order valence-electron chi connectivity index (χ4n) is 1.81. The van der Waals surface area contributed by atoms with Crippen molar-refractivity contribution in [3.05, 3.63) is 18.6 Å². The summed E-state index contributed by atoms with van der Waals surface area (Å²) in [5, 5.41) is 0. The van der Waals surface area contributed by atoms with Crippen molar-refractivity contribution in [2.24, 2.45) is 10.4 Å². The molecule has 1 aromatic heterocycles. The standard InChI is InChI=1S/C11H18BN3O3/c1-11(2,3)10-14-9-8-13-6-7-15(9)12(16-4,17-5)18-10/h6-8H,1-5H3. The van der Waals surface area contributed by atoms with Crippen LogP contribution in [0.3, 0.4) is 0 Å². The highest BCUT2D eigenvalue weighted by Gasteiger charge is 2.48. The van der Waals surface area contributed by atoms with Gasteiger partial charge in [-0.15, -0.1) is 0 Å². The second kappa shape index (κ2) is 4.33. The van der Waals surface area contributed by atoms with Crippen molar-refractivity contribution in [1.29, 1.82) is 0 Å². The van der Waals surface area contributed by atoms with Crippen molar-refractivity contribution < 1.29 is 18.4 Å². The first-order chi connectivity index (χ1) is 8.43. The summed E-state index contributed by atoms with van der Waals surface area (Å²) in [6.45, 7) is 3.98. The quantitative estimate of drug-likeness (QED) is 0.737. The smallest absolute Gasteiger partial charge is 0.600 e. The molecular formula is C11H18BN3O3. The Labute approximate surface area is 107 Å². The Morgan fingerprint density at radius 1 is 1.28 bits per heavy atom. The molecule has 0 saturated heterocycles. The molecule has 0 aromatic carbocycles. The van der Waals surface area contributed by atoms with Gasteiger partial charge in [-0.25, -0.2) is 0 Å². The summed E-state index contributed by atoms with van der Waals surface area (Å²) < 4.78 is 18.5. The normalized spacial score (nSPS) is 17.7. The number of fused-ring (bicyclic) bond motifs is 1. The predicted molar refractivity (Wildman–Crippen MR) is 67.2 cm³/mol. The van der Waals surface area contributed by atoms with Gasteiger partial charge in [0.1, 0.15) is 6.20 Å². The lowest BCUT2D eigenvalue weighted by molar-refractivity contribution is -0.581. The minimum atomic E-state index is -2.07. The van der Waals surface area contributed by atoms with E-state index in [4.69, 9.17) is 14.0 Å². The lowest BCUT2D eigenvalue weighted by Crippen LogP contribution is -2.72. The summed E-state index contributed by atoms with van der Waals surface area (Å²) in [6.07, 6.45) is 5.02. The van der Waals surface area contributed by atoms with E-state index in [1.165, 1.54) is 0 Å². The van der Waals surface area contributed by atoms with E-state index in [1.807, 2.05) is 20.8 Å². The average molecular weight is 251 g/mol. The number of rotatable bonds is 2. The zero-order chi connectivity index (χ0) is 13.4. The Morgan fingerprint density at radius 2 is 1.94 bits per heavy atom. The van der Waals surface area contributed by atoms with E-state index in [1.54, 1.807) is 37.3 Å². The van der Waals surface area contributed by atoms with Gasteiger partial charge in [-0.1, -0.05) is 0 Å². The highest BCUT2D eigenvalue weighted by Crippen LogP contribution is 2.26. The Hall–Kier alpha value is -1.47. The van der Waals surface area contributed by atoms with E-state index in [2.05, 4.69) is 9.98 Å². The fraction of sp³-hybridized carbons (Fsp3) is 0.545. The maximum atomic E-state index is 5.87. The van der Waals surface area contributed by atoms with Gasteiger partial charge in [0.15, 0.2) is 0 Å². The van der Waals surface area contributed by atoms with Crippen LogP contribution < -0.4 is 4.48 Å². The van der Waals surface area contributed by atoms with E-state index >= 15 is 0 Å². The van der Waals surface area contributed by atoms with Gasteiger partial charge < -0.3 is 18.4 Å². The minimum Gasteiger partial charge on any atom is -0.600 e. The molecule has 7 heteroatoms. The topological polar surface area (TPSA) is 56.8 Å². The molecule has 98 valence electrons. The maximum absolute atomic E-state index is 5.87. The summed E-state index contributed by atoms with van der Waals surface area (Å²) in [5.74, 6) is 1.22. The fourth-order valence-corrected chi connectivity index (χ4v) is 1.81. The van der Waals surface area contributed by atoms with Crippen molar-refractivity contribution >= 4 is 18.6 Å². The first-order valence-electron chi connectivity index (χ1n) is 5.80. The molecule has 0 spiro atoms. The van der Waals surface area contributed by atoms with Gasteiger partial charge >= 0.3 is 12.7 Å². The maximum Gasteiger partial charge on any atom is 0.663 e. The van der Waals surface area contributed by atoms with Gasteiger partial charge in [0.25, 0.3) is 5.90 Å². The van der Waals surface area contributed by atoms with Crippen LogP contribution in [-0.4, -0.2) is 32.0 Å². The third-order valence-corrected chi connectivity index (χ3v) is 2.82. The Bertz CT molecular complexity index is 481. The van der Waals surface area contributed by atoms with Gasteiger partial charge in [-0.3, -0.25) is 4.98 Å². The zero-order valence-corrected chi connectivity index (χ0v) is 11.4. The Morgan fingerprint density at radius 3 is 2.50 bits per heavy atom. The van der Waals surface area contributed by atoms with E-state index in [-0.39, 0.29) is 5.41 Å². The third-order valence-electron chi connectivity index (χ3n) is 2.82. The molecule has 0 bridgehead atoms. The molecule has 2 heterocycles. The van der Waals surface area contributed by atoms with Crippen molar-refractivity contribution in [2.45, 2.75) is 20.8 Å². The number of nitrogens with zero attached hydrogens (tertiary/aromatic N) is 3. The van der Waals surface area contributed by atoms with Crippen molar-refractivity contribution in [1.82, 2.24) is 4.98 Å². The molecular weight excluding hydrogens is 233 g/mol. The van der Waals surface area contributed by atoms with Gasteiger partial charge in [0.2, 0.25) is 0 Å². The molecule has 0 aliphatic carbocycles. The van der Waals surface area contributed by atoms with E-state index < -0.39 is 6.89 Å². The van der Waals surface area contributed by atoms with Crippen LogP contribution in [0.1, 0.15) is 20.8 Å². The molecule has 6 nitrogen and oxygen atoms in total. The van der Waals surface area contributed by atoms with Gasteiger partial charge in [-0.2, -0.15) is 0 Å². The van der Waals surface area contributed by atoms with Crippen LogP contribution in [0.5, 0.6) is 0 Å². The summed E-state index contributed by atoms with van der Waals surface area (Å²) in [4.78, 5) is 8.52. The summed E-state index contributed by atoms with van der Waals surface area (Å²) >= 11 is 0. The van der Waals surface area contributed by atoms with Crippen LogP contribution in [-0.2, 0) is 14.0 Å². The van der Waals surface area contributed by atoms with Crippen LogP contribution in [0.4, 0.5) is 5.82 Å². The van der Waals surface area contributed by atoms with Crippen LogP contribution in [0.2, 0.25) is 0 Å². The van der Waals surface area contributed by atoms with Crippen molar-refractivity contribution in [3.8, 4) is 0 Å². The molecule has 18 heavy (non-hydrogen) atoms. The Balaban J connectivity index is 2.60. The first-order valence-corrected chi connectivity index (χ1v) is 5.80. The first kappa shape index (κ1) is 13.0. The van der Waals surface area contributed by atoms with Crippen LogP contribution in [0.25, 0.3) is 0 Å². The number of hydrogen-bond acceptors (Lipinski definition) is 5. The third kappa shape index (κ3) is 1.99. The molecule has 2 rings (SSSR count). The van der Waals surface area contributed by atoms with Crippen LogP contribution in [0, 0.1) is 5.41 Å². The summed E-state index contributed by atoms with van der Waals surface area (Å²) in [5.41, 5.74) is -0.238. The molecule has 0 N–H and O–H groups in total. The number of hydrogen-bond donors (Lipinski definition) is 0. The van der Waals surface area contributed by atoms with E-state index in [0.717, 1.165) is 0 Å². The molecule has 0 saturated carbocycles. The SMILES string of the molecule is CO[B-]1(OC)OC(C(C)(C)C)=Nc2cncc[n+]21. The zero-order valence-electron chi connectivity index (χ0n) is 11.4. The molecule has 0 atom stereocenters. The lowest BCUT2D eigenvalue weighted by atomic mass is 9.89. The molecule has 1 aromatic rings. The van der Waals surface area contributed by atoms with Crippen LogP contribution in [0.15, 0.2) is 23.6 Å². The predicted octanol–water partition coefficient (Wildman–Crippen LogP) is 1.05. The Kier molecular flexibility index (Phi) is 3.12. The molecule has 0 amide bonds. The van der Waals surface area contributed by atoms with Crippen molar-refractivity contribution in [2.75, 3.05) is 14.2 Å². The van der Waals surface area contributed by atoms with E-state index in [0.29, 0.717) is 11.7 Å². The van der Waals surface area contributed by atoms with Crippen molar-refractivity contribution in [3.63, 3.8) is 0 Å². The lowest BCUT2D eigenvalue weighted by Gasteiger charge is -2.39. The van der Waals surface area contributed by atoms with Gasteiger partial charge in [-0.05, 0) is 40.0 Å². The summed E-state index contributed by atoms with van der Waals surface area (Å²) in [6, 6.07) is 0. The monoisotopic (exact) mass is 251 g/mol. The highest BCUT2D eigenvalue weighted by molar-refractivity contribution is 6.54. The van der Waals surface area contributed by atoms with Crippen LogP contribution >= 0.6 is 0 Å². The van der Waals surface area contributed by atoms with Gasteiger partial charge in [0.05, 0.1) is 17.8 Å². The molecule has 0 unspecified atom stereocenters. The molecule has 1 aliphatic heterocycles. The average Bonchev–Trinajstić information content (AvgIpc) is 2.36. The minimum absolute atomic E-state index is 0.238. The summed E-state index contributed by atoms with van der Waals surface area (Å²) in [7, 11) is 3.10. The molecule has 0 radical (unpaired) electrons. The molecule has 0 fully saturated rings. The number of aliphatic imine (C=N–C) groups is 1. The number of aromatic nitrogens is 2. The largest absolute Gasteiger partial charge is 0.663 e. The van der Waals surface area contributed by atoms with E-state index in [9.17, 15) is 0 Å². The highest BCUT2D eigenvalue weighted by atomic mass is 16.8.